The molecule has 1 aliphatic heterocycles. The van der Waals surface area contributed by atoms with Crippen LogP contribution in [0.15, 0.2) is 29.2 Å². The summed E-state index contributed by atoms with van der Waals surface area (Å²) in [4.78, 5) is 1.66. The van der Waals surface area contributed by atoms with E-state index in [-0.39, 0.29) is 0 Å². The van der Waals surface area contributed by atoms with E-state index < -0.39 is 9.06 Å². The van der Waals surface area contributed by atoms with Crippen molar-refractivity contribution < 1.29 is 0 Å². The third-order valence-corrected chi connectivity index (χ3v) is 11.1. The summed E-state index contributed by atoms with van der Waals surface area (Å²) in [5, 5.41) is 0. The zero-order chi connectivity index (χ0) is 12.8. The lowest BCUT2D eigenvalue weighted by atomic mass is 10.2. The molecule has 0 N–H and O–H groups in total. The quantitative estimate of drug-likeness (QED) is 0.470. The first kappa shape index (κ1) is 14.3. The van der Waals surface area contributed by atoms with Gasteiger partial charge in [0.25, 0.3) is 0 Å². The molecule has 0 bridgehead atoms. The fourth-order valence-corrected chi connectivity index (χ4v) is 9.77. The molecule has 1 heterocycles. The maximum absolute atomic E-state index is 2.41. The predicted octanol–water partition coefficient (Wildman–Crippen LogP) is 5.79. The lowest BCUT2D eigenvalue weighted by Gasteiger charge is -2.35. The summed E-state index contributed by atoms with van der Waals surface area (Å²) in [6.07, 6.45) is 7.05. The van der Waals surface area contributed by atoms with Gasteiger partial charge >= 0.3 is 0 Å². The van der Waals surface area contributed by atoms with Crippen LogP contribution in [0.3, 0.4) is 0 Å². The molecule has 0 saturated carbocycles. The highest BCUT2D eigenvalue weighted by atomic mass is 33.2. The molecule has 2 heteroatoms. The summed E-state index contributed by atoms with van der Waals surface area (Å²) in [6, 6.07) is 9.41. The molecule has 1 saturated heterocycles. The van der Waals surface area contributed by atoms with Gasteiger partial charge in [-0.1, -0.05) is 43.9 Å². The molecule has 1 atom stereocenters. The second-order valence-corrected chi connectivity index (χ2v) is 11.4. The molecule has 0 amide bonds. The van der Waals surface area contributed by atoms with Gasteiger partial charge in [0, 0.05) is 5.75 Å². The van der Waals surface area contributed by atoms with E-state index in [1.165, 1.54) is 54.9 Å². The van der Waals surface area contributed by atoms with E-state index in [1.807, 2.05) is 0 Å². The molecule has 0 radical (unpaired) electrons. The van der Waals surface area contributed by atoms with Crippen molar-refractivity contribution in [3.05, 3.63) is 29.8 Å². The Morgan fingerprint density at radius 3 is 2.50 bits per heavy atom. The van der Waals surface area contributed by atoms with Crippen molar-refractivity contribution in [2.45, 2.75) is 50.8 Å². The first-order valence-corrected chi connectivity index (χ1v) is 10.7. The Labute approximate surface area is 118 Å². The molecular weight excluding hydrogens is 256 g/mol. The van der Waals surface area contributed by atoms with Crippen LogP contribution >= 0.6 is 19.9 Å². The number of hydrogen-bond acceptors (Lipinski definition) is 1. The van der Waals surface area contributed by atoms with Crippen molar-refractivity contribution in [3.63, 3.8) is 0 Å². The van der Waals surface area contributed by atoms with E-state index >= 15 is 0 Å². The highest BCUT2D eigenvalue weighted by molar-refractivity contribution is 8.94. The Hall–Kier alpha value is -0.0800. The monoisotopic (exact) mass is 282 g/mol. The molecular formula is C16H26S2. The van der Waals surface area contributed by atoms with Crippen molar-refractivity contribution in [1.82, 2.24) is 0 Å². The molecule has 2 rings (SSSR count). The van der Waals surface area contributed by atoms with Crippen LogP contribution in [-0.4, -0.2) is 17.3 Å². The van der Waals surface area contributed by atoms with Crippen LogP contribution in [0.1, 0.15) is 44.6 Å². The zero-order valence-electron chi connectivity index (χ0n) is 11.8. The van der Waals surface area contributed by atoms with Gasteiger partial charge in [-0.2, -0.15) is 9.06 Å². The highest BCUT2D eigenvalue weighted by Crippen LogP contribution is 2.70. The Bertz CT molecular complexity index is 350. The van der Waals surface area contributed by atoms with Crippen LogP contribution in [0.5, 0.6) is 0 Å². The largest absolute Gasteiger partial charge is 0.166 e. The number of benzene rings is 1. The fraction of sp³-hybridized carbons (Fsp3) is 0.625. The Kier molecular flexibility index (Phi) is 5.50. The first-order valence-electron chi connectivity index (χ1n) is 7.27. The highest BCUT2D eigenvalue weighted by Gasteiger charge is 2.30. The van der Waals surface area contributed by atoms with Crippen molar-refractivity contribution >= 4 is 19.9 Å². The third kappa shape index (κ3) is 3.48. The Balaban J connectivity index is 2.04. The van der Waals surface area contributed by atoms with E-state index in [9.17, 15) is 0 Å². The van der Waals surface area contributed by atoms with Gasteiger partial charge in [0.15, 0.2) is 0 Å². The fourth-order valence-electron chi connectivity index (χ4n) is 2.58. The van der Waals surface area contributed by atoms with Crippen molar-refractivity contribution in [2.24, 2.45) is 0 Å². The molecule has 1 aromatic carbocycles. The van der Waals surface area contributed by atoms with Gasteiger partial charge in [-0.3, -0.25) is 0 Å². The first-order chi connectivity index (χ1) is 8.77. The molecule has 1 aliphatic rings. The number of unbranched alkanes of at least 4 members (excludes halogenated alkanes) is 3. The lowest BCUT2D eigenvalue weighted by Crippen LogP contribution is -2.02. The standard InChI is InChI=1S/C16H26S2/c1-3-4-5-6-13-18(14-7-12-17-18)16-10-8-15(2)9-11-16/h8-11H,3-7,12-14H2,1-2H3. The number of hydrogen-bond donors (Lipinski definition) is 0. The normalized spacial score (nSPS) is 27.0. The van der Waals surface area contributed by atoms with Crippen LogP contribution in [0, 0.1) is 6.92 Å². The van der Waals surface area contributed by atoms with Gasteiger partial charge in [-0.05, 0) is 48.3 Å². The van der Waals surface area contributed by atoms with Crippen LogP contribution in [-0.2, 0) is 0 Å². The van der Waals surface area contributed by atoms with E-state index in [4.69, 9.17) is 0 Å². The van der Waals surface area contributed by atoms with Gasteiger partial charge in [0.2, 0.25) is 0 Å². The lowest BCUT2D eigenvalue weighted by molar-refractivity contribution is 0.705. The summed E-state index contributed by atoms with van der Waals surface area (Å²) >= 11 is 0. The maximum atomic E-state index is 2.41. The number of rotatable bonds is 6. The molecule has 1 fully saturated rings. The van der Waals surface area contributed by atoms with Crippen LogP contribution < -0.4 is 0 Å². The molecule has 0 aromatic heterocycles. The average molecular weight is 283 g/mol. The van der Waals surface area contributed by atoms with Crippen molar-refractivity contribution in [2.75, 3.05) is 17.3 Å². The zero-order valence-corrected chi connectivity index (χ0v) is 13.4. The minimum absolute atomic E-state index is 0.520. The number of aryl methyl sites for hydroxylation is 1. The summed E-state index contributed by atoms with van der Waals surface area (Å²) in [5.41, 5.74) is 1.39. The van der Waals surface area contributed by atoms with Gasteiger partial charge in [0.1, 0.15) is 0 Å². The SMILES string of the molecule is CCCCCCS1(c2ccc(C)cc2)CCCS1. The molecule has 18 heavy (non-hydrogen) atoms. The Morgan fingerprint density at radius 2 is 1.89 bits per heavy atom. The van der Waals surface area contributed by atoms with Gasteiger partial charge in [-0.15, -0.1) is 10.8 Å². The van der Waals surface area contributed by atoms with Gasteiger partial charge < -0.3 is 0 Å². The van der Waals surface area contributed by atoms with Crippen LogP contribution in [0.25, 0.3) is 0 Å². The molecule has 1 aromatic rings. The predicted molar refractivity (Wildman–Crippen MR) is 88.0 cm³/mol. The second kappa shape index (κ2) is 6.91. The summed E-state index contributed by atoms with van der Waals surface area (Å²) in [6.45, 7) is 4.49. The maximum Gasteiger partial charge on any atom is 0.00328 e. The third-order valence-electron chi connectivity index (χ3n) is 3.71. The smallest absolute Gasteiger partial charge is 0.00328 e. The van der Waals surface area contributed by atoms with Crippen molar-refractivity contribution in [3.8, 4) is 0 Å². The molecule has 0 aliphatic carbocycles. The van der Waals surface area contributed by atoms with Crippen molar-refractivity contribution in [1.29, 1.82) is 0 Å². The van der Waals surface area contributed by atoms with Gasteiger partial charge in [-0.25, -0.2) is 0 Å². The van der Waals surface area contributed by atoms with Crippen LogP contribution in [0.2, 0.25) is 0 Å². The van der Waals surface area contributed by atoms with Gasteiger partial charge in [0.05, 0.1) is 0 Å². The van der Waals surface area contributed by atoms with E-state index in [2.05, 4.69) is 48.9 Å². The molecule has 102 valence electrons. The van der Waals surface area contributed by atoms with E-state index in [0.717, 1.165) is 0 Å². The topological polar surface area (TPSA) is 0 Å². The molecule has 0 spiro atoms. The van der Waals surface area contributed by atoms with E-state index in [0.29, 0.717) is 0 Å². The van der Waals surface area contributed by atoms with Crippen LogP contribution in [0.4, 0.5) is 0 Å². The summed E-state index contributed by atoms with van der Waals surface area (Å²) < 4.78 is 0. The second-order valence-electron chi connectivity index (χ2n) is 5.27. The molecule has 1 unspecified atom stereocenters. The Morgan fingerprint density at radius 1 is 1.11 bits per heavy atom. The minimum atomic E-state index is -0.520. The summed E-state index contributed by atoms with van der Waals surface area (Å²) in [5.74, 6) is 4.31. The summed E-state index contributed by atoms with van der Waals surface area (Å²) in [7, 11) is 1.77. The average Bonchev–Trinajstić information content (AvgIpc) is 2.85. The molecule has 0 nitrogen and oxygen atoms in total. The minimum Gasteiger partial charge on any atom is -0.166 e. The van der Waals surface area contributed by atoms with E-state index in [1.54, 1.807) is 4.90 Å².